The van der Waals surface area contributed by atoms with Gasteiger partial charge in [-0.3, -0.25) is 0 Å². The number of carbonyl (C=O) groups excluding carboxylic acids is 1. The highest BCUT2D eigenvalue weighted by Crippen LogP contribution is 1.79. The first-order chi connectivity index (χ1) is 4.81. The molecular formula is C7H7NO2. The van der Waals surface area contributed by atoms with E-state index in [9.17, 15) is 4.79 Å². The van der Waals surface area contributed by atoms with Crippen LogP contribution < -0.4 is 0 Å². The van der Waals surface area contributed by atoms with Gasteiger partial charge in [0.2, 0.25) is 0 Å². The second-order valence-electron chi connectivity index (χ2n) is 1.37. The van der Waals surface area contributed by atoms with Crippen molar-refractivity contribution in [3.05, 3.63) is 24.3 Å². The van der Waals surface area contributed by atoms with E-state index in [4.69, 9.17) is 5.26 Å². The van der Waals surface area contributed by atoms with Gasteiger partial charge in [0.05, 0.1) is 13.2 Å². The summed E-state index contributed by atoms with van der Waals surface area (Å²) in [6.45, 7) is 0. The molecule has 3 heteroatoms. The number of ether oxygens (including phenoxy) is 1. The number of nitrogens with zero attached hydrogens (tertiary/aromatic N) is 1. The Morgan fingerprint density at radius 3 is 2.80 bits per heavy atom. The van der Waals surface area contributed by atoms with Gasteiger partial charge in [0, 0.05) is 12.2 Å². The molecule has 0 saturated carbocycles. The molecule has 0 aromatic carbocycles. The van der Waals surface area contributed by atoms with Gasteiger partial charge in [-0.15, -0.1) is 0 Å². The third-order valence-corrected chi connectivity index (χ3v) is 0.715. The van der Waals surface area contributed by atoms with E-state index in [0.717, 1.165) is 0 Å². The summed E-state index contributed by atoms with van der Waals surface area (Å²) in [5, 5.41) is 8.00. The first kappa shape index (κ1) is 8.44. The summed E-state index contributed by atoms with van der Waals surface area (Å²) in [6, 6.07) is 1.78. The second kappa shape index (κ2) is 5.57. The van der Waals surface area contributed by atoms with Gasteiger partial charge < -0.3 is 4.74 Å². The molecule has 52 valence electrons. The van der Waals surface area contributed by atoms with E-state index < -0.39 is 5.97 Å². The molecule has 0 N–H and O–H groups in total. The van der Waals surface area contributed by atoms with Crippen LogP contribution in [0.4, 0.5) is 0 Å². The maximum Gasteiger partial charge on any atom is 0.330 e. The van der Waals surface area contributed by atoms with Gasteiger partial charge in [-0.2, -0.15) is 5.26 Å². The van der Waals surface area contributed by atoms with Crippen LogP contribution in [0.1, 0.15) is 0 Å². The van der Waals surface area contributed by atoms with Crippen LogP contribution in [-0.4, -0.2) is 13.1 Å². The quantitative estimate of drug-likeness (QED) is 0.245. The van der Waals surface area contributed by atoms with Gasteiger partial charge in [0.1, 0.15) is 0 Å². The SMILES string of the molecule is COC(=O)C=CC=CC#N. The molecule has 0 aromatic heterocycles. The fourth-order valence-electron chi connectivity index (χ4n) is 0.301. The largest absolute Gasteiger partial charge is 0.466 e. The highest BCUT2D eigenvalue weighted by molar-refractivity contribution is 5.82. The summed E-state index contributed by atoms with van der Waals surface area (Å²) in [7, 11) is 1.29. The number of hydrogen-bond acceptors (Lipinski definition) is 3. The van der Waals surface area contributed by atoms with E-state index in [1.807, 2.05) is 0 Å². The number of hydrogen-bond donors (Lipinski definition) is 0. The van der Waals surface area contributed by atoms with Crippen LogP contribution in [-0.2, 0) is 9.53 Å². The zero-order valence-electron chi connectivity index (χ0n) is 5.57. The maximum absolute atomic E-state index is 10.3. The zero-order chi connectivity index (χ0) is 7.82. The first-order valence-corrected chi connectivity index (χ1v) is 2.62. The van der Waals surface area contributed by atoms with Crippen LogP contribution in [0.5, 0.6) is 0 Å². The molecule has 0 heterocycles. The molecule has 0 saturated heterocycles. The summed E-state index contributed by atoms with van der Waals surface area (Å²) in [6.07, 6.45) is 5.39. The predicted octanol–water partition coefficient (Wildman–Crippen LogP) is 0.795. The van der Waals surface area contributed by atoms with Crippen LogP contribution in [0.2, 0.25) is 0 Å². The van der Waals surface area contributed by atoms with E-state index in [1.54, 1.807) is 6.07 Å². The summed E-state index contributed by atoms with van der Waals surface area (Å²) < 4.78 is 4.29. The number of rotatable bonds is 2. The highest BCUT2D eigenvalue weighted by atomic mass is 16.5. The Balaban J connectivity index is 3.68. The van der Waals surface area contributed by atoms with Crippen molar-refractivity contribution in [1.29, 1.82) is 5.26 Å². The Hall–Kier alpha value is -1.56. The smallest absolute Gasteiger partial charge is 0.330 e. The lowest BCUT2D eigenvalue weighted by Gasteiger charge is -1.85. The number of carbonyl (C=O) groups is 1. The normalized spacial score (nSPS) is 10.0. The fourth-order valence-corrected chi connectivity index (χ4v) is 0.301. The minimum Gasteiger partial charge on any atom is -0.466 e. The highest BCUT2D eigenvalue weighted by Gasteiger charge is 1.85. The van der Waals surface area contributed by atoms with Crippen molar-refractivity contribution < 1.29 is 9.53 Å². The average molecular weight is 137 g/mol. The van der Waals surface area contributed by atoms with Crippen molar-refractivity contribution in [2.24, 2.45) is 0 Å². The van der Waals surface area contributed by atoms with Crippen LogP contribution in [0.15, 0.2) is 24.3 Å². The molecule has 10 heavy (non-hydrogen) atoms. The first-order valence-electron chi connectivity index (χ1n) is 2.62. The van der Waals surface area contributed by atoms with Crippen LogP contribution >= 0.6 is 0 Å². The Morgan fingerprint density at radius 1 is 1.60 bits per heavy atom. The van der Waals surface area contributed by atoms with E-state index in [1.165, 1.54) is 31.4 Å². The van der Waals surface area contributed by atoms with Crippen molar-refractivity contribution in [3.63, 3.8) is 0 Å². The molecule has 0 rings (SSSR count). The van der Waals surface area contributed by atoms with E-state index in [0.29, 0.717) is 0 Å². The lowest BCUT2D eigenvalue weighted by Crippen LogP contribution is -1.92. The van der Waals surface area contributed by atoms with Gasteiger partial charge in [-0.1, -0.05) is 12.2 Å². The monoisotopic (exact) mass is 137 g/mol. The number of methoxy groups -OCH3 is 1. The van der Waals surface area contributed by atoms with Gasteiger partial charge in [0.25, 0.3) is 0 Å². The molecule has 0 atom stereocenters. The molecule has 0 bridgehead atoms. The maximum atomic E-state index is 10.3. The lowest BCUT2D eigenvalue weighted by atomic mass is 10.4. The Morgan fingerprint density at radius 2 is 2.30 bits per heavy atom. The van der Waals surface area contributed by atoms with Gasteiger partial charge in [0.15, 0.2) is 0 Å². The molecule has 0 aliphatic carbocycles. The van der Waals surface area contributed by atoms with Crippen molar-refractivity contribution in [2.75, 3.05) is 7.11 Å². The molecule has 0 aromatic rings. The minimum atomic E-state index is -0.428. The number of nitriles is 1. The summed E-state index contributed by atoms with van der Waals surface area (Å²) in [4.78, 5) is 10.3. The molecule has 0 fully saturated rings. The van der Waals surface area contributed by atoms with Crippen LogP contribution in [0.25, 0.3) is 0 Å². The van der Waals surface area contributed by atoms with Crippen LogP contribution in [0, 0.1) is 11.3 Å². The van der Waals surface area contributed by atoms with Crippen molar-refractivity contribution >= 4 is 5.97 Å². The molecule has 0 radical (unpaired) electrons. The Bertz CT molecular complexity index is 198. The van der Waals surface area contributed by atoms with E-state index in [-0.39, 0.29) is 0 Å². The summed E-state index contributed by atoms with van der Waals surface area (Å²) in [5.41, 5.74) is 0. The third kappa shape index (κ3) is 4.60. The number of esters is 1. The fraction of sp³-hybridized carbons (Fsp3) is 0.143. The minimum absolute atomic E-state index is 0.428. The average Bonchev–Trinajstić information content (AvgIpc) is 1.98. The molecule has 0 aliphatic rings. The van der Waals surface area contributed by atoms with Crippen LogP contribution in [0.3, 0.4) is 0 Å². The molecule has 0 aliphatic heterocycles. The van der Waals surface area contributed by atoms with Crippen molar-refractivity contribution in [3.8, 4) is 6.07 Å². The Kier molecular flexibility index (Phi) is 4.70. The van der Waals surface area contributed by atoms with Crippen molar-refractivity contribution in [1.82, 2.24) is 0 Å². The van der Waals surface area contributed by atoms with Crippen molar-refractivity contribution in [2.45, 2.75) is 0 Å². The Labute approximate surface area is 59.2 Å². The van der Waals surface area contributed by atoms with E-state index >= 15 is 0 Å². The molecule has 0 amide bonds. The second-order valence-corrected chi connectivity index (χ2v) is 1.37. The topological polar surface area (TPSA) is 50.1 Å². The molecule has 3 nitrogen and oxygen atoms in total. The molecule has 0 unspecified atom stereocenters. The van der Waals surface area contributed by atoms with Gasteiger partial charge >= 0.3 is 5.97 Å². The predicted molar refractivity (Wildman–Crippen MR) is 35.9 cm³/mol. The standard InChI is InChI=1S/C7H7NO2/c1-10-7(9)5-3-2-4-6-8/h2-5H,1H3. The molecular weight excluding hydrogens is 130 g/mol. The summed E-state index contributed by atoms with van der Waals surface area (Å²) in [5.74, 6) is -0.428. The molecule has 0 spiro atoms. The van der Waals surface area contributed by atoms with Gasteiger partial charge in [-0.05, 0) is 0 Å². The third-order valence-electron chi connectivity index (χ3n) is 0.715. The van der Waals surface area contributed by atoms with Gasteiger partial charge in [-0.25, -0.2) is 4.79 Å². The number of allylic oxidation sites excluding steroid dienone is 3. The summed E-state index contributed by atoms with van der Waals surface area (Å²) >= 11 is 0. The zero-order valence-corrected chi connectivity index (χ0v) is 5.57. The van der Waals surface area contributed by atoms with E-state index in [2.05, 4.69) is 4.74 Å². The lowest BCUT2D eigenvalue weighted by molar-refractivity contribution is -0.134.